The third kappa shape index (κ3) is 4.11. The second-order valence-electron chi connectivity index (χ2n) is 6.50. The highest BCUT2D eigenvalue weighted by atomic mass is 32.2. The predicted octanol–water partition coefficient (Wildman–Crippen LogP) is 2.82. The summed E-state index contributed by atoms with van der Waals surface area (Å²) in [5.74, 6) is 2.31. The highest BCUT2D eigenvalue weighted by Crippen LogP contribution is 2.28. The molecule has 0 aliphatic carbocycles. The van der Waals surface area contributed by atoms with Crippen molar-refractivity contribution in [1.82, 2.24) is 20.2 Å². The Kier molecular flexibility index (Phi) is 5.79. The molecular formula is C18H26N4OS. The Morgan fingerprint density at radius 2 is 2.33 bits per heavy atom. The first-order valence-corrected chi connectivity index (χ1v) is 9.71. The molecule has 0 saturated carbocycles. The number of imidazole rings is 1. The molecule has 0 spiro atoms. The molecule has 1 aromatic carbocycles. The lowest BCUT2D eigenvalue weighted by atomic mass is 9.98. The summed E-state index contributed by atoms with van der Waals surface area (Å²) in [6.45, 7) is 4.89. The van der Waals surface area contributed by atoms with Crippen molar-refractivity contribution in [2.75, 3.05) is 32.4 Å². The van der Waals surface area contributed by atoms with E-state index in [0.29, 0.717) is 11.7 Å². The Labute approximate surface area is 147 Å². The number of hydrogen-bond donors (Lipinski definition) is 2. The third-order valence-corrected chi connectivity index (χ3v) is 5.75. The number of carbonyl (C=O) groups is 1. The zero-order valence-electron chi connectivity index (χ0n) is 14.4. The van der Waals surface area contributed by atoms with Crippen molar-refractivity contribution in [2.24, 2.45) is 5.92 Å². The number of piperidine rings is 1. The largest absolute Gasteiger partial charge is 0.342 e. The van der Waals surface area contributed by atoms with Crippen molar-refractivity contribution in [1.29, 1.82) is 0 Å². The van der Waals surface area contributed by atoms with Crippen molar-refractivity contribution >= 4 is 28.7 Å². The predicted molar refractivity (Wildman–Crippen MR) is 100 cm³/mol. The second-order valence-corrected chi connectivity index (χ2v) is 7.83. The van der Waals surface area contributed by atoms with Crippen molar-refractivity contribution in [3.8, 4) is 0 Å². The second kappa shape index (κ2) is 8.03. The highest BCUT2D eigenvalue weighted by Gasteiger charge is 2.24. The molecule has 2 aromatic rings. The standard InChI is InChI=1S/C18H26N4OS/c1-13(18-20-15-7-3-4-8-16(15)21-18)24-12-17(23)22-9-5-6-14(11-22)10-19-2/h3-4,7-8,13-14,19H,5-6,9-12H2,1-2H3,(H,20,21). The average molecular weight is 347 g/mol. The molecule has 2 N–H and O–H groups in total. The van der Waals surface area contributed by atoms with Crippen LogP contribution in [0.5, 0.6) is 0 Å². The minimum atomic E-state index is 0.180. The number of amides is 1. The van der Waals surface area contributed by atoms with Gasteiger partial charge in [0.05, 0.1) is 22.0 Å². The number of nitrogens with one attached hydrogen (secondary N) is 2. The van der Waals surface area contributed by atoms with E-state index in [1.54, 1.807) is 11.8 Å². The maximum absolute atomic E-state index is 12.5. The van der Waals surface area contributed by atoms with Crippen LogP contribution >= 0.6 is 11.8 Å². The summed E-state index contributed by atoms with van der Waals surface area (Å²) < 4.78 is 0. The van der Waals surface area contributed by atoms with Gasteiger partial charge in [-0.05, 0) is 51.4 Å². The van der Waals surface area contributed by atoms with Crippen LogP contribution in [0.15, 0.2) is 24.3 Å². The highest BCUT2D eigenvalue weighted by molar-refractivity contribution is 8.00. The van der Waals surface area contributed by atoms with Gasteiger partial charge in [-0.3, -0.25) is 4.79 Å². The lowest BCUT2D eigenvalue weighted by Crippen LogP contribution is -2.43. The smallest absolute Gasteiger partial charge is 0.232 e. The lowest BCUT2D eigenvalue weighted by Gasteiger charge is -2.32. The molecule has 2 unspecified atom stereocenters. The Balaban J connectivity index is 1.53. The number of nitrogens with zero attached hydrogens (tertiary/aromatic N) is 2. The van der Waals surface area contributed by atoms with Crippen LogP contribution in [0.2, 0.25) is 0 Å². The quantitative estimate of drug-likeness (QED) is 0.844. The molecule has 1 aliphatic heterocycles. The molecule has 0 bridgehead atoms. The normalized spacial score (nSPS) is 19.6. The first-order chi connectivity index (χ1) is 11.7. The molecule has 2 atom stereocenters. The number of carbonyl (C=O) groups excluding carboxylic acids is 1. The van der Waals surface area contributed by atoms with Crippen LogP contribution in [0.25, 0.3) is 11.0 Å². The van der Waals surface area contributed by atoms with E-state index in [2.05, 4.69) is 22.2 Å². The molecule has 130 valence electrons. The molecule has 1 amide bonds. The molecule has 2 heterocycles. The first-order valence-electron chi connectivity index (χ1n) is 8.66. The molecule has 24 heavy (non-hydrogen) atoms. The molecule has 1 saturated heterocycles. The van der Waals surface area contributed by atoms with E-state index in [4.69, 9.17) is 0 Å². The fourth-order valence-electron chi connectivity index (χ4n) is 3.28. The van der Waals surface area contributed by atoms with Crippen LogP contribution in [0.4, 0.5) is 0 Å². The van der Waals surface area contributed by atoms with Crippen LogP contribution in [0.3, 0.4) is 0 Å². The number of H-pyrrole nitrogens is 1. The van der Waals surface area contributed by atoms with E-state index in [0.717, 1.165) is 42.9 Å². The Morgan fingerprint density at radius 1 is 1.50 bits per heavy atom. The van der Waals surface area contributed by atoms with E-state index in [1.165, 1.54) is 6.42 Å². The van der Waals surface area contributed by atoms with Gasteiger partial charge in [0.15, 0.2) is 0 Å². The van der Waals surface area contributed by atoms with Gasteiger partial charge in [0.25, 0.3) is 0 Å². The number of benzene rings is 1. The molecule has 1 aliphatic rings. The van der Waals surface area contributed by atoms with E-state index in [9.17, 15) is 4.79 Å². The summed E-state index contributed by atoms with van der Waals surface area (Å²) in [7, 11) is 1.98. The van der Waals surface area contributed by atoms with Gasteiger partial charge in [-0.2, -0.15) is 0 Å². The van der Waals surface area contributed by atoms with E-state index in [-0.39, 0.29) is 11.2 Å². The molecule has 1 aromatic heterocycles. The van der Waals surface area contributed by atoms with Gasteiger partial charge in [0, 0.05) is 13.1 Å². The maximum atomic E-state index is 12.5. The topological polar surface area (TPSA) is 61.0 Å². The number of fused-ring (bicyclic) bond motifs is 1. The van der Waals surface area contributed by atoms with Crippen LogP contribution in [-0.2, 0) is 4.79 Å². The molecular weight excluding hydrogens is 320 g/mol. The molecule has 1 fully saturated rings. The first kappa shape index (κ1) is 17.3. The Bertz CT molecular complexity index is 651. The van der Waals surface area contributed by atoms with Crippen molar-refractivity contribution < 1.29 is 4.79 Å². The number of hydrogen-bond acceptors (Lipinski definition) is 4. The summed E-state index contributed by atoms with van der Waals surface area (Å²) in [5, 5.41) is 3.41. The van der Waals surface area contributed by atoms with Crippen LogP contribution in [-0.4, -0.2) is 53.2 Å². The third-order valence-electron chi connectivity index (χ3n) is 4.61. The summed E-state index contributed by atoms with van der Waals surface area (Å²) in [5.41, 5.74) is 2.04. The number of para-hydroxylation sites is 2. The number of aromatic nitrogens is 2. The SMILES string of the molecule is CNCC1CCCN(C(=O)CSC(C)c2nc3ccccc3[nH]2)C1. The lowest BCUT2D eigenvalue weighted by molar-refractivity contribution is -0.130. The Hall–Kier alpha value is -1.53. The summed E-state index contributed by atoms with van der Waals surface area (Å²) in [6.07, 6.45) is 2.33. The van der Waals surface area contributed by atoms with Crippen LogP contribution in [0.1, 0.15) is 30.8 Å². The van der Waals surface area contributed by atoms with Crippen LogP contribution < -0.4 is 5.32 Å². The van der Waals surface area contributed by atoms with Gasteiger partial charge in [-0.1, -0.05) is 12.1 Å². The van der Waals surface area contributed by atoms with Gasteiger partial charge in [-0.15, -0.1) is 11.8 Å². The number of aromatic amines is 1. The average Bonchev–Trinajstić information content (AvgIpc) is 3.04. The van der Waals surface area contributed by atoms with Gasteiger partial charge in [-0.25, -0.2) is 4.98 Å². The monoisotopic (exact) mass is 346 g/mol. The number of thioether (sulfide) groups is 1. The van der Waals surface area contributed by atoms with Gasteiger partial charge >= 0.3 is 0 Å². The summed E-state index contributed by atoms with van der Waals surface area (Å²) in [4.78, 5) is 22.5. The van der Waals surface area contributed by atoms with Crippen molar-refractivity contribution in [2.45, 2.75) is 25.0 Å². The molecule has 5 nitrogen and oxygen atoms in total. The molecule has 0 radical (unpaired) electrons. The minimum Gasteiger partial charge on any atom is -0.342 e. The van der Waals surface area contributed by atoms with Crippen LogP contribution in [0, 0.1) is 5.92 Å². The van der Waals surface area contributed by atoms with Gasteiger partial charge in [0.1, 0.15) is 5.82 Å². The zero-order chi connectivity index (χ0) is 16.9. The van der Waals surface area contributed by atoms with E-state index < -0.39 is 0 Å². The van der Waals surface area contributed by atoms with Crippen molar-refractivity contribution in [3.63, 3.8) is 0 Å². The number of rotatable bonds is 6. The fourth-order valence-corrected chi connectivity index (χ4v) is 4.12. The van der Waals surface area contributed by atoms with E-state index in [1.807, 2.05) is 36.2 Å². The van der Waals surface area contributed by atoms with Gasteiger partial charge in [0.2, 0.25) is 5.91 Å². The molecule has 6 heteroatoms. The minimum absolute atomic E-state index is 0.180. The summed E-state index contributed by atoms with van der Waals surface area (Å²) >= 11 is 1.66. The summed E-state index contributed by atoms with van der Waals surface area (Å²) in [6, 6.07) is 8.04. The zero-order valence-corrected chi connectivity index (χ0v) is 15.2. The Morgan fingerprint density at radius 3 is 3.12 bits per heavy atom. The van der Waals surface area contributed by atoms with E-state index >= 15 is 0 Å². The maximum Gasteiger partial charge on any atom is 0.232 e. The van der Waals surface area contributed by atoms with Crippen molar-refractivity contribution in [3.05, 3.63) is 30.1 Å². The number of likely N-dealkylation sites (tertiary alicyclic amines) is 1. The molecule has 3 rings (SSSR count). The fraction of sp³-hybridized carbons (Fsp3) is 0.556. The van der Waals surface area contributed by atoms with Gasteiger partial charge < -0.3 is 15.2 Å².